The van der Waals surface area contributed by atoms with Crippen molar-refractivity contribution in [2.75, 3.05) is 13.1 Å². The van der Waals surface area contributed by atoms with Gasteiger partial charge in [-0.2, -0.15) is 5.10 Å². The lowest BCUT2D eigenvalue weighted by atomic mass is 10.1. The van der Waals surface area contributed by atoms with E-state index in [1.807, 2.05) is 19.1 Å². The second-order valence-electron chi connectivity index (χ2n) is 4.72. The maximum absolute atomic E-state index is 12.2. The van der Waals surface area contributed by atoms with E-state index in [0.29, 0.717) is 29.4 Å². The van der Waals surface area contributed by atoms with Gasteiger partial charge in [-0.1, -0.05) is 30.7 Å². The van der Waals surface area contributed by atoms with Gasteiger partial charge < -0.3 is 11.1 Å². The number of rotatable bonds is 5. The normalized spacial score (nSPS) is 11.6. The van der Waals surface area contributed by atoms with Crippen molar-refractivity contribution < 1.29 is 4.79 Å². The van der Waals surface area contributed by atoms with Crippen LogP contribution in [0.15, 0.2) is 30.5 Å². The van der Waals surface area contributed by atoms with E-state index in [2.05, 4.69) is 15.5 Å². The van der Waals surface area contributed by atoms with Gasteiger partial charge in [0.15, 0.2) is 0 Å². The SMILES string of the molecule is CC(CN)CNC(=O)c1cn[nH]c1-c1cccc(Cl)c1.Cl. The number of aromatic nitrogens is 2. The van der Waals surface area contributed by atoms with Gasteiger partial charge in [0.2, 0.25) is 0 Å². The van der Waals surface area contributed by atoms with Crippen LogP contribution < -0.4 is 11.1 Å². The quantitative estimate of drug-likeness (QED) is 0.788. The number of amides is 1. The monoisotopic (exact) mass is 328 g/mol. The van der Waals surface area contributed by atoms with E-state index in [0.717, 1.165) is 5.56 Å². The Hall–Kier alpha value is -1.56. The molecule has 114 valence electrons. The van der Waals surface area contributed by atoms with Gasteiger partial charge in [-0.05, 0) is 24.6 Å². The average molecular weight is 329 g/mol. The van der Waals surface area contributed by atoms with Gasteiger partial charge in [-0.3, -0.25) is 9.89 Å². The van der Waals surface area contributed by atoms with Crippen LogP contribution in [0.5, 0.6) is 0 Å². The molecule has 1 heterocycles. The molecule has 1 amide bonds. The first-order chi connectivity index (χ1) is 9.61. The van der Waals surface area contributed by atoms with E-state index < -0.39 is 0 Å². The molecule has 4 N–H and O–H groups in total. The number of hydrogen-bond acceptors (Lipinski definition) is 3. The Kier molecular flexibility index (Phi) is 6.68. The molecule has 2 aromatic rings. The average Bonchev–Trinajstić information content (AvgIpc) is 2.93. The number of hydrogen-bond donors (Lipinski definition) is 3. The standard InChI is InChI=1S/C14H17ClN4O.ClH/c1-9(6-16)7-17-14(20)12-8-18-19-13(12)10-3-2-4-11(15)5-10;/h2-5,8-9H,6-7,16H2,1H3,(H,17,20)(H,18,19);1H. The molecule has 1 aromatic heterocycles. The summed E-state index contributed by atoms with van der Waals surface area (Å²) in [6.07, 6.45) is 1.51. The summed E-state index contributed by atoms with van der Waals surface area (Å²) < 4.78 is 0. The highest BCUT2D eigenvalue weighted by Crippen LogP contribution is 2.23. The van der Waals surface area contributed by atoms with Gasteiger partial charge in [-0.15, -0.1) is 12.4 Å². The molecular formula is C14H18Cl2N4O. The number of carbonyl (C=O) groups excluding carboxylic acids is 1. The van der Waals surface area contributed by atoms with Crippen LogP contribution in [0, 0.1) is 5.92 Å². The Balaban J connectivity index is 0.00000220. The minimum Gasteiger partial charge on any atom is -0.352 e. The zero-order valence-electron chi connectivity index (χ0n) is 11.6. The lowest BCUT2D eigenvalue weighted by molar-refractivity contribution is 0.0949. The Morgan fingerprint density at radius 2 is 2.29 bits per heavy atom. The van der Waals surface area contributed by atoms with Crippen LogP contribution in [-0.2, 0) is 0 Å². The number of carbonyl (C=O) groups is 1. The van der Waals surface area contributed by atoms with E-state index in [4.69, 9.17) is 17.3 Å². The Morgan fingerprint density at radius 1 is 1.52 bits per heavy atom. The van der Waals surface area contributed by atoms with Crippen molar-refractivity contribution in [1.82, 2.24) is 15.5 Å². The highest BCUT2D eigenvalue weighted by Gasteiger charge is 2.15. The van der Waals surface area contributed by atoms with Crippen LogP contribution in [0.2, 0.25) is 5.02 Å². The molecular weight excluding hydrogens is 311 g/mol. The van der Waals surface area contributed by atoms with Crippen LogP contribution in [0.3, 0.4) is 0 Å². The molecule has 0 aliphatic heterocycles. The summed E-state index contributed by atoms with van der Waals surface area (Å²) in [5.41, 5.74) is 7.51. The fourth-order valence-electron chi connectivity index (χ4n) is 1.77. The van der Waals surface area contributed by atoms with Crippen LogP contribution >= 0.6 is 24.0 Å². The van der Waals surface area contributed by atoms with Crippen molar-refractivity contribution in [3.05, 3.63) is 41.0 Å². The third-order valence-corrected chi connectivity index (χ3v) is 3.25. The maximum atomic E-state index is 12.2. The predicted molar refractivity (Wildman–Crippen MR) is 86.8 cm³/mol. The van der Waals surface area contributed by atoms with E-state index in [1.54, 1.807) is 12.1 Å². The summed E-state index contributed by atoms with van der Waals surface area (Å²) in [5, 5.41) is 10.2. The molecule has 0 spiro atoms. The van der Waals surface area contributed by atoms with E-state index >= 15 is 0 Å². The van der Waals surface area contributed by atoms with Gasteiger partial charge in [0.25, 0.3) is 5.91 Å². The summed E-state index contributed by atoms with van der Waals surface area (Å²) in [5.74, 6) is 0.0643. The summed E-state index contributed by atoms with van der Waals surface area (Å²) in [6.45, 7) is 3.05. The first-order valence-electron chi connectivity index (χ1n) is 6.39. The molecule has 21 heavy (non-hydrogen) atoms. The molecule has 0 fully saturated rings. The minimum absolute atomic E-state index is 0. The number of benzene rings is 1. The number of nitrogens with zero attached hydrogens (tertiary/aromatic N) is 1. The second-order valence-corrected chi connectivity index (χ2v) is 5.16. The van der Waals surface area contributed by atoms with Crippen molar-refractivity contribution in [3.8, 4) is 11.3 Å². The highest BCUT2D eigenvalue weighted by molar-refractivity contribution is 6.30. The lowest BCUT2D eigenvalue weighted by Crippen LogP contribution is -2.31. The number of halogens is 2. The molecule has 2 rings (SSSR count). The van der Waals surface area contributed by atoms with Crippen LogP contribution in [0.25, 0.3) is 11.3 Å². The first kappa shape index (κ1) is 17.5. The van der Waals surface area contributed by atoms with Crippen molar-refractivity contribution in [2.24, 2.45) is 11.7 Å². The van der Waals surface area contributed by atoms with Crippen molar-refractivity contribution in [3.63, 3.8) is 0 Å². The van der Waals surface area contributed by atoms with Crippen molar-refractivity contribution >= 4 is 29.9 Å². The molecule has 0 saturated heterocycles. The molecule has 0 bridgehead atoms. The molecule has 0 aliphatic carbocycles. The molecule has 1 atom stereocenters. The van der Waals surface area contributed by atoms with Crippen LogP contribution in [0.4, 0.5) is 0 Å². The van der Waals surface area contributed by atoms with Crippen LogP contribution in [0.1, 0.15) is 17.3 Å². The summed E-state index contributed by atoms with van der Waals surface area (Å²) in [4.78, 5) is 12.2. The summed E-state index contributed by atoms with van der Waals surface area (Å²) >= 11 is 5.97. The number of nitrogens with one attached hydrogen (secondary N) is 2. The zero-order valence-corrected chi connectivity index (χ0v) is 13.2. The lowest BCUT2D eigenvalue weighted by Gasteiger charge is -2.10. The Morgan fingerprint density at radius 3 is 2.95 bits per heavy atom. The van der Waals surface area contributed by atoms with Gasteiger partial charge in [0.1, 0.15) is 0 Å². The molecule has 1 unspecified atom stereocenters. The zero-order chi connectivity index (χ0) is 14.5. The number of aromatic amines is 1. The predicted octanol–water partition coefficient (Wildman–Crippen LogP) is 2.48. The number of H-pyrrole nitrogens is 1. The Labute approximate surface area is 134 Å². The first-order valence-corrected chi connectivity index (χ1v) is 6.77. The summed E-state index contributed by atoms with van der Waals surface area (Å²) in [7, 11) is 0. The van der Waals surface area contributed by atoms with Crippen LogP contribution in [-0.4, -0.2) is 29.2 Å². The topological polar surface area (TPSA) is 83.8 Å². The third-order valence-electron chi connectivity index (χ3n) is 3.01. The largest absolute Gasteiger partial charge is 0.352 e. The fourth-order valence-corrected chi connectivity index (χ4v) is 1.96. The third kappa shape index (κ3) is 4.46. The smallest absolute Gasteiger partial charge is 0.255 e. The van der Waals surface area contributed by atoms with Gasteiger partial charge in [0, 0.05) is 17.1 Å². The molecule has 0 aliphatic rings. The molecule has 1 aromatic carbocycles. The van der Waals surface area contributed by atoms with Crippen molar-refractivity contribution in [1.29, 1.82) is 0 Å². The van der Waals surface area contributed by atoms with Gasteiger partial charge in [0.05, 0.1) is 17.5 Å². The fraction of sp³-hybridized carbons (Fsp3) is 0.286. The Bertz CT molecular complexity index is 600. The van der Waals surface area contributed by atoms with E-state index in [9.17, 15) is 4.79 Å². The van der Waals surface area contributed by atoms with E-state index in [-0.39, 0.29) is 24.2 Å². The molecule has 0 radical (unpaired) electrons. The number of nitrogens with two attached hydrogens (primary N) is 1. The second kappa shape index (κ2) is 8.02. The molecule has 7 heteroatoms. The van der Waals surface area contributed by atoms with Crippen molar-refractivity contribution in [2.45, 2.75) is 6.92 Å². The highest BCUT2D eigenvalue weighted by atomic mass is 35.5. The minimum atomic E-state index is -0.172. The summed E-state index contributed by atoms with van der Waals surface area (Å²) in [6, 6.07) is 7.27. The van der Waals surface area contributed by atoms with Gasteiger partial charge in [-0.25, -0.2) is 0 Å². The maximum Gasteiger partial charge on any atom is 0.255 e. The van der Waals surface area contributed by atoms with Gasteiger partial charge >= 0.3 is 0 Å². The molecule has 5 nitrogen and oxygen atoms in total. The van der Waals surface area contributed by atoms with E-state index in [1.165, 1.54) is 6.20 Å². The molecule has 0 saturated carbocycles.